The molecule has 0 aliphatic carbocycles. The number of nitrogens with zero attached hydrogens (tertiary/aromatic N) is 6. The van der Waals surface area contributed by atoms with E-state index in [1.807, 2.05) is 12.1 Å². The molecule has 6 rings (SSSR count). The van der Waals surface area contributed by atoms with Crippen LogP contribution in [0.1, 0.15) is 12.5 Å². The summed E-state index contributed by atoms with van der Waals surface area (Å²) >= 11 is 0. The van der Waals surface area contributed by atoms with E-state index in [1.165, 1.54) is 11.3 Å². The highest BCUT2D eigenvalue weighted by atomic mass is 16.2. The number of aromatic nitrogens is 2. The van der Waals surface area contributed by atoms with E-state index in [4.69, 9.17) is 4.98 Å². The van der Waals surface area contributed by atoms with Gasteiger partial charge in [0.15, 0.2) is 5.82 Å². The second kappa shape index (κ2) is 8.29. The molecule has 1 saturated heterocycles. The highest BCUT2D eigenvalue weighted by molar-refractivity contribution is 6.07. The van der Waals surface area contributed by atoms with E-state index in [1.54, 1.807) is 18.1 Å². The Morgan fingerprint density at radius 1 is 1.00 bits per heavy atom. The van der Waals surface area contributed by atoms with Gasteiger partial charge in [0, 0.05) is 56.7 Å². The first-order valence-corrected chi connectivity index (χ1v) is 12.0. The van der Waals surface area contributed by atoms with Crippen molar-refractivity contribution in [1.29, 1.82) is 0 Å². The summed E-state index contributed by atoms with van der Waals surface area (Å²) < 4.78 is 0. The summed E-state index contributed by atoms with van der Waals surface area (Å²) in [4.78, 5) is 31.1. The third-order valence-corrected chi connectivity index (χ3v) is 7.24. The van der Waals surface area contributed by atoms with Crippen molar-refractivity contribution in [1.82, 2.24) is 14.9 Å². The van der Waals surface area contributed by atoms with E-state index in [0.717, 1.165) is 55.6 Å². The summed E-state index contributed by atoms with van der Waals surface area (Å²) in [5, 5.41) is 3.35. The summed E-state index contributed by atoms with van der Waals surface area (Å²) in [6.45, 7) is 7.66. The molecule has 2 aromatic carbocycles. The van der Waals surface area contributed by atoms with Crippen molar-refractivity contribution in [3.05, 3.63) is 60.3 Å². The van der Waals surface area contributed by atoms with Gasteiger partial charge in [0.05, 0.1) is 6.20 Å². The van der Waals surface area contributed by atoms with Crippen LogP contribution < -0.4 is 20.0 Å². The van der Waals surface area contributed by atoms with Crippen LogP contribution >= 0.6 is 0 Å². The number of benzene rings is 2. The van der Waals surface area contributed by atoms with Crippen LogP contribution in [0.3, 0.4) is 0 Å². The zero-order valence-electron chi connectivity index (χ0n) is 19.6. The number of piperazine rings is 1. The van der Waals surface area contributed by atoms with E-state index in [0.29, 0.717) is 12.4 Å². The first kappa shape index (κ1) is 20.9. The first-order valence-electron chi connectivity index (χ1n) is 12.0. The molecule has 0 radical (unpaired) electrons. The van der Waals surface area contributed by atoms with E-state index in [-0.39, 0.29) is 11.9 Å². The van der Waals surface area contributed by atoms with Crippen LogP contribution in [0.25, 0.3) is 0 Å². The Labute approximate surface area is 199 Å². The van der Waals surface area contributed by atoms with E-state index >= 15 is 0 Å². The molecule has 1 aromatic heterocycles. The standard InChI is InChI=1S/C26H29N7O/c1-3-31-12-14-32(15-13-31)20-10-8-19(9-11-20)28-26-27-17-23-24(29-26)33-21-7-5-4-6-18(21)16-22(33)25(34)30(23)2/h4-11,17,22H,3,12-16H2,1-2H3,(H,27,28,29). The fraction of sp³-hybridized carbons (Fsp3) is 0.346. The number of likely N-dealkylation sites (N-methyl/N-ethyl adjacent to an activating group) is 2. The lowest BCUT2D eigenvalue weighted by Gasteiger charge is -2.36. The Morgan fingerprint density at radius 2 is 1.76 bits per heavy atom. The van der Waals surface area contributed by atoms with Gasteiger partial charge in [-0.3, -0.25) is 4.79 Å². The summed E-state index contributed by atoms with van der Waals surface area (Å²) in [5.74, 6) is 1.36. The van der Waals surface area contributed by atoms with Gasteiger partial charge in [-0.2, -0.15) is 4.98 Å². The summed E-state index contributed by atoms with van der Waals surface area (Å²) in [6, 6.07) is 16.4. The lowest BCUT2D eigenvalue weighted by Crippen LogP contribution is -2.49. The van der Waals surface area contributed by atoms with Crippen molar-refractivity contribution >= 4 is 40.4 Å². The molecule has 1 fully saturated rings. The van der Waals surface area contributed by atoms with Crippen molar-refractivity contribution in [3.8, 4) is 0 Å². The minimum Gasteiger partial charge on any atom is -0.369 e. The largest absolute Gasteiger partial charge is 0.369 e. The smallest absolute Gasteiger partial charge is 0.250 e. The highest BCUT2D eigenvalue weighted by Gasteiger charge is 2.43. The maximum atomic E-state index is 13.0. The summed E-state index contributed by atoms with van der Waals surface area (Å²) in [7, 11) is 1.80. The normalized spacial score (nSPS) is 19.6. The van der Waals surface area contributed by atoms with Crippen molar-refractivity contribution in [2.75, 3.05) is 59.8 Å². The number of amides is 1. The second-order valence-electron chi connectivity index (χ2n) is 9.11. The topological polar surface area (TPSA) is 67.8 Å². The van der Waals surface area contributed by atoms with Crippen LogP contribution in [0.5, 0.6) is 0 Å². The average Bonchev–Trinajstić information content (AvgIpc) is 3.28. The number of fused-ring (bicyclic) bond motifs is 5. The molecule has 3 aliphatic rings. The van der Waals surface area contributed by atoms with E-state index in [9.17, 15) is 4.79 Å². The number of hydrogen-bond acceptors (Lipinski definition) is 7. The third kappa shape index (κ3) is 3.45. The Bertz CT molecular complexity index is 1220. The molecule has 8 heteroatoms. The Balaban J connectivity index is 1.25. The summed E-state index contributed by atoms with van der Waals surface area (Å²) in [5.41, 5.74) is 5.13. The molecule has 0 spiro atoms. The minimum atomic E-state index is -0.259. The fourth-order valence-electron chi connectivity index (χ4n) is 5.24. The van der Waals surface area contributed by atoms with Crippen LogP contribution in [0.15, 0.2) is 54.7 Å². The summed E-state index contributed by atoms with van der Waals surface area (Å²) in [6.07, 6.45) is 2.43. The van der Waals surface area contributed by atoms with Gasteiger partial charge < -0.3 is 24.9 Å². The zero-order chi connectivity index (χ0) is 23.2. The first-order chi connectivity index (χ1) is 16.6. The number of para-hydroxylation sites is 1. The lowest BCUT2D eigenvalue weighted by molar-refractivity contribution is -0.119. The quantitative estimate of drug-likeness (QED) is 0.647. The number of anilines is 6. The number of nitrogens with one attached hydrogen (secondary N) is 1. The van der Waals surface area contributed by atoms with Crippen LogP contribution in [0, 0.1) is 0 Å². The zero-order valence-corrected chi connectivity index (χ0v) is 19.6. The van der Waals surface area contributed by atoms with Crippen molar-refractivity contribution in [2.24, 2.45) is 0 Å². The van der Waals surface area contributed by atoms with Gasteiger partial charge in [0.2, 0.25) is 11.9 Å². The van der Waals surface area contributed by atoms with Crippen molar-refractivity contribution < 1.29 is 4.79 Å². The Kier molecular flexibility index (Phi) is 5.10. The maximum Gasteiger partial charge on any atom is 0.250 e. The van der Waals surface area contributed by atoms with E-state index in [2.05, 4.69) is 68.3 Å². The molecule has 3 aromatic rings. The number of carbonyl (C=O) groups is 1. The van der Waals surface area contributed by atoms with Gasteiger partial charge >= 0.3 is 0 Å². The van der Waals surface area contributed by atoms with E-state index < -0.39 is 0 Å². The molecule has 1 unspecified atom stereocenters. The monoisotopic (exact) mass is 455 g/mol. The Hall–Kier alpha value is -3.65. The molecule has 34 heavy (non-hydrogen) atoms. The average molecular weight is 456 g/mol. The van der Waals surface area contributed by atoms with Gasteiger partial charge in [0.25, 0.3) is 0 Å². The number of rotatable bonds is 4. The van der Waals surface area contributed by atoms with Gasteiger partial charge in [-0.25, -0.2) is 4.98 Å². The van der Waals surface area contributed by atoms with Crippen LogP contribution in [0.4, 0.5) is 34.5 Å². The van der Waals surface area contributed by atoms with Gasteiger partial charge in [-0.1, -0.05) is 25.1 Å². The molecule has 174 valence electrons. The highest BCUT2D eigenvalue weighted by Crippen LogP contribution is 2.45. The molecule has 1 amide bonds. The van der Waals surface area contributed by atoms with Crippen LogP contribution in [-0.2, 0) is 11.2 Å². The molecule has 1 atom stereocenters. The molecule has 0 saturated carbocycles. The number of hydrogen-bond donors (Lipinski definition) is 1. The molecule has 0 bridgehead atoms. The van der Waals surface area contributed by atoms with Crippen LogP contribution in [0.2, 0.25) is 0 Å². The lowest BCUT2D eigenvalue weighted by atomic mass is 10.1. The predicted octanol–water partition coefficient (Wildman–Crippen LogP) is 3.40. The second-order valence-corrected chi connectivity index (χ2v) is 9.11. The predicted molar refractivity (Wildman–Crippen MR) is 136 cm³/mol. The van der Waals surface area contributed by atoms with Gasteiger partial charge in [-0.15, -0.1) is 0 Å². The molecule has 3 aliphatic heterocycles. The fourth-order valence-corrected chi connectivity index (χ4v) is 5.24. The minimum absolute atomic E-state index is 0.0726. The molecule has 8 nitrogen and oxygen atoms in total. The third-order valence-electron chi connectivity index (χ3n) is 7.24. The molecular weight excluding hydrogens is 426 g/mol. The SMILES string of the molecule is CCN1CCN(c2ccc(Nc3ncc4c(n3)N3c5ccccc5CC3C(=O)N4C)cc2)CC1. The van der Waals surface area contributed by atoms with Crippen molar-refractivity contribution in [2.45, 2.75) is 19.4 Å². The maximum absolute atomic E-state index is 13.0. The van der Waals surface area contributed by atoms with Crippen LogP contribution in [-0.4, -0.2) is 66.6 Å². The number of carbonyl (C=O) groups excluding carboxylic acids is 1. The Morgan fingerprint density at radius 3 is 2.53 bits per heavy atom. The molecular formula is C26H29N7O. The van der Waals surface area contributed by atoms with Gasteiger partial charge in [-0.05, 0) is 42.4 Å². The van der Waals surface area contributed by atoms with Gasteiger partial charge in [0.1, 0.15) is 11.7 Å². The molecule has 1 N–H and O–H groups in total. The molecule has 4 heterocycles. The van der Waals surface area contributed by atoms with Crippen molar-refractivity contribution in [3.63, 3.8) is 0 Å².